The van der Waals surface area contributed by atoms with E-state index in [-0.39, 0.29) is 6.04 Å². The Hall–Kier alpha value is -1.59. The monoisotopic (exact) mass is 360 g/mol. The lowest BCUT2D eigenvalue weighted by Crippen LogP contribution is -2.38. The van der Waals surface area contributed by atoms with Crippen LogP contribution < -0.4 is 9.75 Å². The number of hydrogen-bond acceptors (Lipinski definition) is 5. The number of nitrogens with zero attached hydrogens (tertiary/aromatic N) is 4. The van der Waals surface area contributed by atoms with E-state index in [1.165, 1.54) is 38.0 Å². The molecule has 1 aliphatic heterocycles. The molecule has 0 spiro atoms. The maximum Gasteiger partial charge on any atom is 0.121 e. The van der Waals surface area contributed by atoms with Gasteiger partial charge in [-0.05, 0) is 77.8 Å². The zero-order chi connectivity index (χ0) is 19.1. The maximum absolute atomic E-state index is 5.42. The highest BCUT2D eigenvalue weighted by molar-refractivity contribution is 5.58. The van der Waals surface area contributed by atoms with E-state index in [0.717, 1.165) is 30.3 Å². The molecule has 0 bridgehead atoms. The van der Waals surface area contributed by atoms with Crippen molar-refractivity contribution in [2.24, 2.45) is 11.0 Å². The minimum Gasteiger partial charge on any atom is -0.497 e. The van der Waals surface area contributed by atoms with Crippen molar-refractivity contribution in [2.45, 2.75) is 39.2 Å². The Kier molecular flexibility index (Phi) is 7.91. The van der Waals surface area contributed by atoms with Gasteiger partial charge < -0.3 is 14.5 Å². The molecule has 1 aliphatic rings. The summed E-state index contributed by atoms with van der Waals surface area (Å²) < 4.78 is 5.42. The Morgan fingerprint density at radius 1 is 1.27 bits per heavy atom. The van der Waals surface area contributed by atoms with Crippen LogP contribution in [0, 0.1) is 5.92 Å². The van der Waals surface area contributed by atoms with Crippen molar-refractivity contribution in [3.63, 3.8) is 0 Å². The van der Waals surface area contributed by atoms with E-state index >= 15 is 0 Å². The fourth-order valence-corrected chi connectivity index (χ4v) is 3.80. The van der Waals surface area contributed by atoms with E-state index in [0.29, 0.717) is 0 Å². The van der Waals surface area contributed by atoms with E-state index < -0.39 is 0 Å². The second-order valence-electron chi connectivity index (χ2n) is 7.87. The summed E-state index contributed by atoms with van der Waals surface area (Å²) in [6.45, 7) is 12.7. The van der Waals surface area contributed by atoms with Crippen molar-refractivity contribution < 1.29 is 4.74 Å². The summed E-state index contributed by atoms with van der Waals surface area (Å²) in [5.41, 5.74) is 2.42. The molecule has 1 heterocycles. The molecule has 5 nitrogen and oxygen atoms in total. The second-order valence-corrected chi connectivity index (χ2v) is 7.87. The normalized spacial score (nSPS) is 16.3. The standard InChI is InChI=1S/C21H36N4O/c1-17(2)25(22-3)21-15-20(26-6)8-7-19(21)11-14-24-12-9-18(10-13-24)16-23(4)5/h7-8,15,17-18H,3,9-14,16H2,1-2,4-6H3. The van der Waals surface area contributed by atoms with Crippen molar-refractivity contribution in [3.05, 3.63) is 23.8 Å². The molecule has 1 aromatic rings. The first-order valence-electron chi connectivity index (χ1n) is 9.74. The van der Waals surface area contributed by atoms with Crippen molar-refractivity contribution in [1.82, 2.24) is 9.80 Å². The highest BCUT2D eigenvalue weighted by atomic mass is 16.5. The Balaban J connectivity index is 2.00. The number of rotatable bonds is 9. The van der Waals surface area contributed by atoms with Gasteiger partial charge in [0.25, 0.3) is 0 Å². The first-order valence-corrected chi connectivity index (χ1v) is 9.74. The van der Waals surface area contributed by atoms with Gasteiger partial charge in [-0.2, -0.15) is 5.10 Å². The Bertz CT molecular complexity index is 565. The van der Waals surface area contributed by atoms with Crippen molar-refractivity contribution in [1.29, 1.82) is 0 Å². The largest absolute Gasteiger partial charge is 0.497 e. The third-order valence-electron chi connectivity index (χ3n) is 5.21. The van der Waals surface area contributed by atoms with Crippen molar-refractivity contribution in [3.8, 4) is 5.75 Å². The van der Waals surface area contributed by atoms with Gasteiger partial charge in [-0.25, -0.2) is 0 Å². The summed E-state index contributed by atoms with van der Waals surface area (Å²) in [6.07, 6.45) is 3.64. The summed E-state index contributed by atoms with van der Waals surface area (Å²) in [5, 5.41) is 6.22. The number of anilines is 1. The minimum absolute atomic E-state index is 0.264. The molecule has 1 aromatic carbocycles. The number of benzene rings is 1. The number of hydrogen-bond donors (Lipinski definition) is 0. The van der Waals surface area contributed by atoms with Crippen molar-refractivity contribution >= 4 is 12.4 Å². The van der Waals surface area contributed by atoms with Crippen LogP contribution in [0.25, 0.3) is 0 Å². The maximum atomic E-state index is 5.42. The van der Waals surface area contributed by atoms with Gasteiger partial charge >= 0.3 is 0 Å². The van der Waals surface area contributed by atoms with E-state index in [1.807, 2.05) is 11.1 Å². The van der Waals surface area contributed by atoms with Crippen LogP contribution in [0.4, 0.5) is 5.69 Å². The number of ether oxygens (including phenoxy) is 1. The summed E-state index contributed by atoms with van der Waals surface area (Å²) in [7, 11) is 6.05. The number of methoxy groups -OCH3 is 1. The lowest BCUT2D eigenvalue weighted by molar-refractivity contribution is 0.164. The van der Waals surface area contributed by atoms with Crippen LogP contribution in [-0.4, -0.2) is 69.9 Å². The molecule has 0 amide bonds. The van der Waals surface area contributed by atoms with E-state index in [9.17, 15) is 0 Å². The lowest BCUT2D eigenvalue weighted by atomic mass is 9.96. The average Bonchev–Trinajstić information content (AvgIpc) is 2.61. The van der Waals surface area contributed by atoms with Gasteiger partial charge in [-0.3, -0.25) is 5.01 Å². The first-order chi connectivity index (χ1) is 12.4. The van der Waals surface area contributed by atoms with Gasteiger partial charge in [-0.15, -0.1) is 0 Å². The second kappa shape index (κ2) is 9.93. The van der Waals surface area contributed by atoms with Gasteiger partial charge in [0.05, 0.1) is 12.8 Å². The summed E-state index contributed by atoms with van der Waals surface area (Å²) >= 11 is 0. The molecule has 5 heteroatoms. The topological polar surface area (TPSA) is 31.3 Å². The number of piperidine rings is 1. The Morgan fingerprint density at radius 3 is 2.50 bits per heavy atom. The number of likely N-dealkylation sites (tertiary alicyclic amines) is 1. The highest BCUT2D eigenvalue weighted by Crippen LogP contribution is 2.29. The van der Waals surface area contributed by atoms with Gasteiger partial charge in [0.2, 0.25) is 0 Å². The predicted molar refractivity (Wildman–Crippen MR) is 112 cm³/mol. The van der Waals surface area contributed by atoms with Crippen molar-refractivity contribution in [2.75, 3.05) is 52.4 Å². The molecule has 0 N–H and O–H groups in total. The molecule has 26 heavy (non-hydrogen) atoms. The van der Waals surface area contributed by atoms with Crippen LogP contribution >= 0.6 is 0 Å². The molecule has 0 atom stereocenters. The Labute approximate surface area is 159 Å². The van der Waals surface area contributed by atoms with Crippen LogP contribution in [0.15, 0.2) is 23.3 Å². The molecule has 1 fully saturated rings. The molecule has 0 aliphatic carbocycles. The van der Waals surface area contributed by atoms with Crippen LogP contribution in [0.3, 0.4) is 0 Å². The quantitative estimate of drug-likeness (QED) is 0.499. The molecular weight excluding hydrogens is 324 g/mol. The molecule has 0 unspecified atom stereocenters. The predicted octanol–water partition coefficient (Wildman–Crippen LogP) is 3.34. The zero-order valence-electron chi connectivity index (χ0n) is 17.2. The van der Waals surface area contributed by atoms with Gasteiger partial charge in [0.1, 0.15) is 5.75 Å². The minimum atomic E-state index is 0.264. The van der Waals surface area contributed by atoms with E-state index in [2.05, 4.69) is 61.7 Å². The zero-order valence-corrected chi connectivity index (χ0v) is 17.2. The first kappa shape index (κ1) is 20.7. The van der Waals surface area contributed by atoms with Crippen LogP contribution in [0.2, 0.25) is 0 Å². The molecule has 2 rings (SSSR count). The van der Waals surface area contributed by atoms with Crippen LogP contribution in [0.5, 0.6) is 5.75 Å². The average molecular weight is 361 g/mol. The molecule has 0 saturated carbocycles. The molecular formula is C21H36N4O. The van der Waals surface area contributed by atoms with Gasteiger partial charge in [0, 0.05) is 31.9 Å². The number of hydrazone groups is 1. The van der Waals surface area contributed by atoms with Crippen LogP contribution in [-0.2, 0) is 6.42 Å². The van der Waals surface area contributed by atoms with Gasteiger partial charge in [0.15, 0.2) is 0 Å². The molecule has 146 valence electrons. The Morgan fingerprint density at radius 2 is 1.96 bits per heavy atom. The van der Waals surface area contributed by atoms with Gasteiger partial charge in [-0.1, -0.05) is 6.07 Å². The summed E-state index contributed by atoms with van der Waals surface area (Å²) in [4.78, 5) is 4.91. The molecule has 1 saturated heterocycles. The van der Waals surface area contributed by atoms with E-state index in [1.54, 1.807) is 7.11 Å². The smallest absolute Gasteiger partial charge is 0.121 e. The van der Waals surface area contributed by atoms with E-state index in [4.69, 9.17) is 4.74 Å². The molecule has 0 aromatic heterocycles. The highest BCUT2D eigenvalue weighted by Gasteiger charge is 2.20. The van der Waals surface area contributed by atoms with Crippen LogP contribution in [0.1, 0.15) is 32.3 Å². The summed E-state index contributed by atoms with van der Waals surface area (Å²) in [5.74, 6) is 1.71. The fourth-order valence-electron chi connectivity index (χ4n) is 3.80. The third-order valence-corrected chi connectivity index (χ3v) is 5.21. The third kappa shape index (κ3) is 5.71. The SMILES string of the molecule is C=NN(c1cc(OC)ccc1CCN1CCC(CN(C)C)CC1)C(C)C. The molecule has 0 radical (unpaired) electrons. The lowest BCUT2D eigenvalue weighted by Gasteiger charge is -2.33. The summed E-state index contributed by atoms with van der Waals surface area (Å²) in [6, 6.07) is 6.56. The fraction of sp³-hybridized carbons (Fsp3) is 0.667.